The van der Waals surface area contributed by atoms with E-state index in [-0.39, 0.29) is 5.91 Å². The van der Waals surface area contributed by atoms with Crippen molar-refractivity contribution in [2.45, 2.75) is 20.3 Å². The molecule has 1 aromatic carbocycles. The SMILES string of the molecule is C=CCc1ccc(C(=O)N(CC)CC)cc1. The van der Waals surface area contributed by atoms with Gasteiger partial charge in [-0.1, -0.05) is 18.2 Å². The lowest BCUT2D eigenvalue weighted by Crippen LogP contribution is -2.30. The van der Waals surface area contributed by atoms with Gasteiger partial charge in [-0.05, 0) is 38.0 Å². The molecule has 0 saturated carbocycles. The minimum Gasteiger partial charge on any atom is -0.339 e. The first kappa shape index (κ1) is 12.5. The number of hydrogen-bond donors (Lipinski definition) is 0. The van der Waals surface area contributed by atoms with Crippen LogP contribution in [0.2, 0.25) is 0 Å². The van der Waals surface area contributed by atoms with Gasteiger partial charge in [0.15, 0.2) is 0 Å². The largest absolute Gasteiger partial charge is 0.339 e. The smallest absolute Gasteiger partial charge is 0.253 e. The van der Waals surface area contributed by atoms with Crippen molar-refractivity contribution >= 4 is 5.91 Å². The highest BCUT2D eigenvalue weighted by Crippen LogP contribution is 2.08. The standard InChI is InChI=1S/C14H19NO/c1-4-7-12-8-10-13(11-9-12)14(16)15(5-2)6-3/h4,8-11H,1,5-7H2,2-3H3. The summed E-state index contributed by atoms with van der Waals surface area (Å²) in [5.74, 6) is 0.107. The van der Waals surface area contributed by atoms with Gasteiger partial charge in [0, 0.05) is 18.7 Å². The minimum atomic E-state index is 0.107. The van der Waals surface area contributed by atoms with E-state index in [1.165, 1.54) is 5.56 Å². The highest BCUT2D eigenvalue weighted by Gasteiger charge is 2.11. The summed E-state index contributed by atoms with van der Waals surface area (Å²) in [5, 5.41) is 0. The van der Waals surface area contributed by atoms with Crippen LogP contribution >= 0.6 is 0 Å². The third-order valence-corrected chi connectivity index (χ3v) is 2.63. The van der Waals surface area contributed by atoms with E-state index in [2.05, 4.69) is 6.58 Å². The van der Waals surface area contributed by atoms with Crippen LogP contribution in [0, 0.1) is 0 Å². The van der Waals surface area contributed by atoms with Gasteiger partial charge in [0.2, 0.25) is 0 Å². The highest BCUT2D eigenvalue weighted by molar-refractivity contribution is 5.94. The quantitative estimate of drug-likeness (QED) is 0.694. The number of nitrogens with zero attached hydrogens (tertiary/aromatic N) is 1. The number of amides is 1. The van der Waals surface area contributed by atoms with Gasteiger partial charge in [0.05, 0.1) is 0 Å². The molecule has 2 nitrogen and oxygen atoms in total. The third kappa shape index (κ3) is 2.96. The molecule has 1 aromatic rings. The third-order valence-electron chi connectivity index (χ3n) is 2.63. The number of carbonyl (C=O) groups is 1. The monoisotopic (exact) mass is 217 g/mol. The van der Waals surface area contributed by atoms with E-state index >= 15 is 0 Å². The second kappa shape index (κ2) is 6.11. The number of rotatable bonds is 5. The van der Waals surface area contributed by atoms with E-state index in [0.717, 1.165) is 25.1 Å². The lowest BCUT2D eigenvalue weighted by atomic mass is 10.1. The fraction of sp³-hybridized carbons (Fsp3) is 0.357. The topological polar surface area (TPSA) is 20.3 Å². The van der Waals surface area contributed by atoms with Crippen molar-refractivity contribution in [2.24, 2.45) is 0 Å². The highest BCUT2D eigenvalue weighted by atomic mass is 16.2. The normalized spacial score (nSPS) is 9.88. The van der Waals surface area contributed by atoms with Crippen molar-refractivity contribution in [1.29, 1.82) is 0 Å². The predicted octanol–water partition coefficient (Wildman–Crippen LogP) is 2.90. The molecule has 0 bridgehead atoms. The summed E-state index contributed by atoms with van der Waals surface area (Å²) < 4.78 is 0. The lowest BCUT2D eigenvalue weighted by molar-refractivity contribution is 0.0773. The first-order valence-corrected chi connectivity index (χ1v) is 5.72. The Morgan fingerprint density at radius 2 is 1.81 bits per heavy atom. The summed E-state index contributed by atoms with van der Waals surface area (Å²) in [6, 6.07) is 7.75. The molecule has 1 amide bonds. The van der Waals surface area contributed by atoms with Crippen molar-refractivity contribution in [3.05, 3.63) is 48.0 Å². The van der Waals surface area contributed by atoms with E-state index in [0.29, 0.717) is 0 Å². The molecule has 1 rings (SSSR count). The zero-order valence-corrected chi connectivity index (χ0v) is 10.1. The van der Waals surface area contributed by atoms with Crippen LogP contribution in [0.25, 0.3) is 0 Å². The van der Waals surface area contributed by atoms with Crippen molar-refractivity contribution in [1.82, 2.24) is 4.90 Å². The molecule has 0 heterocycles. The molecular formula is C14H19NO. The second-order valence-corrected chi connectivity index (χ2v) is 3.67. The molecule has 0 N–H and O–H groups in total. The van der Waals surface area contributed by atoms with Crippen LogP contribution in [0.1, 0.15) is 29.8 Å². The lowest BCUT2D eigenvalue weighted by Gasteiger charge is -2.18. The number of hydrogen-bond acceptors (Lipinski definition) is 1. The second-order valence-electron chi connectivity index (χ2n) is 3.67. The maximum absolute atomic E-state index is 12.0. The van der Waals surface area contributed by atoms with Gasteiger partial charge in [-0.3, -0.25) is 4.79 Å². The summed E-state index contributed by atoms with van der Waals surface area (Å²) in [6.45, 7) is 9.19. The fourth-order valence-corrected chi connectivity index (χ4v) is 1.64. The summed E-state index contributed by atoms with van der Waals surface area (Å²) >= 11 is 0. The predicted molar refractivity (Wildman–Crippen MR) is 67.6 cm³/mol. The molecule has 0 aliphatic rings. The maximum Gasteiger partial charge on any atom is 0.253 e. The molecule has 0 fully saturated rings. The molecule has 86 valence electrons. The van der Waals surface area contributed by atoms with Gasteiger partial charge in [-0.2, -0.15) is 0 Å². The van der Waals surface area contributed by atoms with Crippen LogP contribution in [0.3, 0.4) is 0 Å². The van der Waals surface area contributed by atoms with Crippen LogP contribution in [0.4, 0.5) is 0 Å². The Labute approximate surface area is 97.6 Å². The average Bonchev–Trinajstić information content (AvgIpc) is 2.32. The average molecular weight is 217 g/mol. The van der Waals surface area contributed by atoms with Crippen LogP contribution < -0.4 is 0 Å². The summed E-state index contributed by atoms with van der Waals surface area (Å²) in [6.07, 6.45) is 2.71. The Kier molecular flexibility index (Phi) is 4.77. The van der Waals surface area contributed by atoms with Crippen molar-refractivity contribution in [3.63, 3.8) is 0 Å². The zero-order chi connectivity index (χ0) is 12.0. The van der Waals surface area contributed by atoms with Gasteiger partial charge in [-0.25, -0.2) is 0 Å². The number of benzene rings is 1. The van der Waals surface area contributed by atoms with E-state index in [9.17, 15) is 4.79 Å². The minimum absolute atomic E-state index is 0.107. The Morgan fingerprint density at radius 3 is 2.25 bits per heavy atom. The van der Waals surface area contributed by atoms with Gasteiger partial charge >= 0.3 is 0 Å². The summed E-state index contributed by atoms with van der Waals surface area (Å²) in [7, 11) is 0. The molecule has 0 aliphatic heterocycles. The molecule has 2 heteroatoms. The van der Waals surface area contributed by atoms with E-state index in [4.69, 9.17) is 0 Å². The Balaban J connectivity index is 2.80. The van der Waals surface area contributed by atoms with Gasteiger partial charge in [-0.15, -0.1) is 6.58 Å². The molecule has 0 radical (unpaired) electrons. The zero-order valence-electron chi connectivity index (χ0n) is 10.1. The first-order valence-electron chi connectivity index (χ1n) is 5.72. The molecule has 0 aliphatic carbocycles. The Bertz CT molecular complexity index is 350. The van der Waals surface area contributed by atoms with E-state index in [1.54, 1.807) is 0 Å². The molecule has 0 spiro atoms. The van der Waals surface area contributed by atoms with Crippen LogP contribution in [-0.4, -0.2) is 23.9 Å². The van der Waals surface area contributed by atoms with E-state index < -0.39 is 0 Å². The molecule has 0 aromatic heterocycles. The summed E-state index contributed by atoms with van der Waals surface area (Å²) in [4.78, 5) is 13.8. The Morgan fingerprint density at radius 1 is 1.25 bits per heavy atom. The van der Waals surface area contributed by atoms with Crippen molar-refractivity contribution < 1.29 is 4.79 Å². The van der Waals surface area contributed by atoms with Gasteiger partial charge in [0.25, 0.3) is 5.91 Å². The van der Waals surface area contributed by atoms with E-state index in [1.807, 2.05) is 49.1 Å². The Hall–Kier alpha value is -1.57. The summed E-state index contributed by atoms with van der Waals surface area (Å²) in [5.41, 5.74) is 1.95. The molecule has 0 atom stereocenters. The molecule has 16 heavy (non-hydrogen) atoms. The fourth-order valence-electron chi connectivity index (χ4n) is 1.64. The van der Waals surface area contributed by atoms with Crippen molar-refractivity contribution in [2.75, 3.05) is 13.1 Å². The maximum atomic E-state index is 12.0. The van der Waals surface area contributed by atoms with Crippen LogP contribution in [0.5, 0.6) is 0 Å². The molecule has 0 unspecified atom stereocenters. The van der Waals surface area contributed by atoms with Crippen LogP contribution in [-0.2, 0) is 6.42 Å². The van der Waals surface area contributed by atoms with Gasteiger partial charge in [0.1, 0.15) is 0 Å². The first-order chi connectivity index (χ1) is 7.72. The number of carbonyl (C=O) groups excluding carboxylic acids is 1. The number of allylic oxidation sites excluding steroid dienone is 1. The molecular weight excluding hydrogens is 198 g/mol. The van der Waals surface area contributed by atoms with Gasteiger partial charge < -0.3 is 4.90 Å². The van der Waals surface area contributed by atoms with Crippen molar-refractivity contribution in [3.8, 4) is 0 Å². The van der Waals surface area contributed by atoms with Crippen LogP contribution in [0.15, 0.2) is 36.9 Å². The molecule has 0 saturated heterocycles.